The van der Waals surface area contributed by atoms with Crippen LogP contribution in [0.1, 0.15) is 132 Å². The number of nitrogens with one attached hydrogen (secondary N) is 6. The maximum Gasteiger partial charge on any atom is 0.277 e. The number of likely N-dealkylation sites (tertiary alicyclic amines) is 1. The maximum atomic E-state index is 14.7. The number of nitrogens with zero attached hydrogens (tertiary/aromatic N) is 3. The summed E-state index contributed by atoms with van der Waals surface area (Å²) in [7, 11) is 0. The van der Waals surface area contributed by atoms with Crippen molar-refractivity contribution in [2.24, 2.45) is 10.8 Å². The van der Waals surface area contributed by atoms with Gasteiger partial charge in [0, 0.05) is 23.1 Å². The second-order valence-corrected chi connectivity index (χ2v) is 22.7. The molecule has 1 saturated carbocycles. The van der Waals surface area contributed by atoms with E-state index in [9.17, 15) is 47.5 Å². The van der Waals surface area contributed by atoms with E-state index < -0.39 is 81.8 Å². The molecular formula is C55H69F3IN9O7S. The summed E-state index contributed by atoms with van der Waals surface area (Å²) in [6.07, 6.45) is 8.39. The highest BCUT2D eigenvalue weighted by atomic mass is 127. The molecule has 1 aromatic heterocycles. The molecule has 1 aliphatic heterocycles. The lowest BCUT2D eigenvalue weighted by Crippen LogP contribution is -2.58. The Bertz CT molecular complexity index is 2700. The highest BCUT2D eigenvalue weighted by Crippen LogP contribution is 2.45. The topological polar surface area (TPSA) is 227 Å². The first kappa shape index (κ1) is 59.6. The first-order valence-corrected chi connectivity index (χ1v) is 27.9. The fraction of sp³-hybridized carbons (Fsp3) is 0.509. The number of carbonyl (C=O) groups excluding carboxylic acids is 5. The Balaban J connectivity index is 0.871. The van der Waals surface area contributed by atoms with Crippen molar-refractivity contribution in [3.8, 4) is 16.5 Å². The number of hydrogen-bond acceptors (Lipinski definition) is 12. The summed E-state index contributed by atoms with van der Waals surface area (Å²) in [6, 6.07) is 12.9. The fourth-order valence-electron chi connectivity index (χ4n) is 8.94. The third-order valence-corrected chi connectivity index (χ3v) is 15.2. The van der Waals surface area contributed by atoms with Crippen molar-refractivity contribution in [2.75, 3.05) is 38.1 Å². The molecule has 21 heteroatoms. The molecule has 7 N–H and O–H groups in total. The average molecular weight is 1180 g/mol. The third-order valence-electron chi connectivity index (χ3n) is 13.6. The van der Waals surface area contributed by atoms with Crippen LogP contribution in [0, 0.1) is 50.1 Å². The van der Waals surface area contributed by atoms with Crippen LogP contribution in [0.2, 0.25) is 0 Å². The SMILES string of the molecule is Cc1ncsc1-c1ccc([C@H](CC(=O)NCCCCCCCCCCNCCCONC(=O)c2ccc(F)c(F)c2Nc2ccc(I)cc2F)NC(=O)[C@@H]2C[C@@H](O)CN2C(=O)[C@@H](NC(=O)C2(C#N)CC2)C(C)(C)C)cc1. The van der Waals surface area contributed by atoms with Gasteiger partial charge in [0.25, 0.3) is 5.91 Å². The number of unbranched alkanes of at least 4 members (excludes halogenated alkanes) is 7. The third kappa shape index (κ3) is 16.7. The molecule has 3 aromatic carbocycles. The number of benzene rings is 3. The lowest BCUT2D eigenvalue weighted by molar-refractivity contribution is -0.144. The van der Waals surface area contributed by atoms with Gasteiger partial charge in [-0.2, -0.15) is 5.26 Å². The maximum absolute atomic E-state index is 14.7. The molecule has 4 aromatic rings. The molecular weight excluding hydrogens is 1110 g/mol. The van der Waals surface area contributed by atoms with Crippen LogP contribution in [-0.2, 0) is 24.0 Å². The van der Waals surface area contributed by atoms with Crippen LogP contribution in [-0.4, -0.2) is 95.5 Å². The second-order valence-electron chi connectivity index (χ2n) is 20.6. The molecule has 5 amide bonds. The van der Waals surface area contributed by atoms with Gasteiger partial charge < -0.3 is 36.6 Å². The zero-order valence-corrected chi connectivity index (χ0v) is 46.4. The summed E-state index contributed by atoms with van der Waals surface area (Å²) in [5.74, 6) is -5.84. The molecule has 0 spiro atoms. The number of aryl methyl sites for hydroxylation is 1. The summed E-state index contributed by atoms with van der Waals surface area (Å²) >= 11 is 3.44. The first-order chi connectivity index (χ1) is 36.3. The standard InChI is InChI=1S/C55H69F3IN9O7S/c1-34-48(76-33-63-34)36-16-14-35(15-17-36)43(65-51(72)44-29-38(69)31-68(44)52(73)49(54(2,3)4)66-53(74)55(32-60)22-23-55)30-45(70)62-26-12-10-8-6-5-7-9-11-24-61-25-13-27-75-67-50(71)39-19-20-40(56)46(58)47(39)64-42-21-18-37(59)28-41(42)57/h14-21,28,33,38,43-44,49,61,64,69H,5-13,22-27,29-31H2,1-4H3,(H,62,70)(H,65,72)(H,66,74)(H,67,71)/t38-,43+,44+,49-/m1/s1. The van der Waals surface area contributed by atoms with Gasteiger partial charge in [-0.3, -0.25) is 28.8 Å². The normalized spacial score (nSPS) is 16.6. The smallest absolute Gasteiger partial charge is 0.277 e. The van der Waals surface area contributed by atoms with Gasteiger partial charge in [-0.1, -0.05) is 83.6 Å². The van der Waals surface area contributed by atoms with Gasteiger partial charge in [-0.05, 0) is 122 Å². The van der Waals surface area contributed by atoms with Crippen molar-refractivity contribution < 1.29 is 47.1 Å². The van der Waals surface area contributed by atoms with Crippen LogP contribution in [0.15, 0.2) is 60.1 Å². The van der Waals surface area contributed by atoms with Crippen molar-refractivity contribution in [2.45, 2.75) is 135 Å². The number of hydrogen-bond donors (Lipinski definition) is 7. The van der Waals surface area contributed by atoms with Crippen LogP contribution in [0.25, 0.3) is 10.4 Å². The molecule has 0 unspecified atom stereocenters. The Morgan fingerprint density at radius 3 is 2.21 bits per heavy atom. The van der Waals surface area contributed by atoms with Crippen molar-refractivity contribution in [3.05, 3.63) is 98.0 Å². The molecule has 1 aliphatic carbocycles. The van der Waals surface area contributed by atoms with Gasteiger partial charge >= 0.3 is 0 Å². The quantitative estimate of drug-likeness (QED) is 0.0162. The summed E-state index contributed by atoms with van der Waals surface area (Å²) in [6.45, 7) is 9.30. The number of β-amino-alcohol motifs (C(OH)–C–C–N with tert-alkyl or cyclic N) is 1. The molecule has 16 nitrogen and oxygen atoms in total. The van der Waals surface area contributed by atoms with Gasteiger partial charge in [0.05, 0.1) is 64.3 Å². The Labute approximate surface area is 460 Å². The van der Waals surface area contributed by atoms with Crippen LogP contribution in [0.3, 0.4) is 0 Å². The monoisotopic (exact) mass is 1180 g/mol. The number of nitriles is 1. The van der Waals surface area contributed by atoms with Gasteiger partial charge in [-0.25, -0.2) is 23.6 Å². The molecule has 410 valence electrons. The molecule has 1 saturated heterocycles. The molecule has 2 aliphatic rings. The predicted octanol–water partition coefficient (Wildman–Crippen LogP) is 8.81. The number of hydroxylamine groups is 1. The minimum Gasteiger partial charge on any atom is -0.391 e. The van der Waals surface area contributed by atoms with E-state index in [1.807, 2.05) is 53.8 Å². The van der Waals surface area contributed by atoms with Crippen LogP contribution in [0.4, 0.5) is 24.5 Å². The molecule has 2 fully saturated rings. The highest BCUT2D eigenvalue weighted by Gasteiger charge is 2.53. The van der Waals surface area contributed by atoms with E-state index in [0.717, 1.165) is 86.2 Å². The van der Waals surface area contributed by atoms with Crippen LogP contribution < -0.4 is 32.1 Å². The van der Waals surface area contributed by atoms with Crippen LogP contribution >= 0.6 is 33.9 Å². The zero-order chi connectivity index (χ0) is 55.0. The van der Waals surface area contributed by atoms with E-state index in [0.29, 0.717) is 41.5 Å². The van der Waals surface area contributed by atoms with Crippen molar-refractivity contribution in [1.82, 2.24) is 36.6 Å². The summed E-state index contributed by atoms with van der Waals surface area (Å²) in [4.78, 5) is 79.7. The van der Waals surface area contributed by atoms with Crippen molar-refractivity contribution >= 4 is 74.8 Å². The number of halogens is 4. The molecule has 2 heterocycles. The van der Waals surface area contributed by atoms with E-state index in [1.165, 1.54) is 28.4 Å². The molecule has 0 radical (unpaired) electrons. The summed E-state index contributed by atoms with van der Waals surface area (Å²) in [5.41, 5.74) is 3.74. The molecule has 0 bridgehead atoms. The Morgan fingerprint density at radius 2 is 1.58 bits per heavy atom. The Hall–Kier alpha value is -5.67. The minimum atomic E-state index is -1.32. The fourth-order valence-corrected chi connectivity index (χ4v) is 10.2. The van der Waals surface area contributed by atoms with Gasteiger partial charge in [0.2, 0.25) is 23.6 Å². The predicted molar refractivity (Wildman–Crippen MR) is 292 cm³/mol. The molecule has 6 rings (SSSR count). The van der Waals surface area contributed by atoms with E-state index in [4.69, 9.17) is 4.84 Å². The Morgan fingerprint density at radius 1 is 0.908 bits per heavy atom. The number of thiazole rings is 1. The molecule has 76 heavy (non-hydrogen) atoms. The summed E-state index contributed by atoms with van der Waals surface area (Å²) in [5, 5.41) is 35.1. The van der Waals surface area contributed by atoms with Crippen molar-refractivity contribution in [1.29, 1.82) is 5.26 Å². The highest BCUT2D eigenvalue weighted by molar-refractivity contribution is 14.1. The van der Waals surface area contributed by atoms with Gasteiger partial charge in [-0.15, -0.1) is 11.3 Å². The number of aliphatic hydroxyl groups is 1. The van der Waals surface area contributed by atoms with E-state index >= 15 is 0 Å². The number of anilines is 2. The lowest BCUT2D eigenvalue weighted by Gasteiger charge is -2.36. The molecule has 4 atom stereocenters. The first-order valence-electron chi connectivity index (χ1n) is 25.9. The van der Waals surface area contributed by atoms with Crippen LogP contribution in [0.5, 0.6) is 0 Å². The van der Waals surface area contributed by atoms with E-state index in [-0.39, 0.29) is 43.2 Å². The van der Waals surface area contributed by atoms with E-state index in [2.05, 4.69) is 43.1 Å². The van der Waals surface area contributed by atoms with Gasteiger partial charge in [0.1, 0.15) is 23.3 Å². The second kappa shape index (κ2) is 28.1. The van der Waals surface area contributed by atoms with Gasteiger partial charge in [0.15, 0.2) is 11.6 Å². The lowest BCUT2D eigenvalue weighted by atomic mass is 9.85. The average Bonchev–Trinajstić information content (AvgIpc) is 3.92. The van der Waals surface area contributed by atoms with E-state index in [1.54, 1.807) is 32.3 Å². The number of aromatic nitrogens is 1. The number of carbonyl (C=O) groups is 5. The van der Waals surface area contributed by atoms with Crippen molar-refractivity contribution in [3.63, 3.8) is 0 Å². The minimum absolute atomic E-state index is 0.0237. The largest absolute Gasteiger partial charge is 0.391 e. The number of amides is 5. The Kier molecular flexibility index (Phi) is 22.0. The number of rotatable bonds is 28. The number of aliphatic hydroxyl groups excluding tert-OH is 1. The zero-order valence-electron chi connectivity index (χ0n) is 43.5. The summed E-state index contributed by atoms with van der Waals surface area (Å²) < 4.78 is 43.8.